The third kappa shape index (κ3) is 4.04. The zero-order valence-corrected chi connectivity index (χ0v) is 10.2. The Bertz CT molecular complexity index is 335. The SMILES string of the molecule is CCc1ccc(CNCC(C#N)CC)cc1. The van der Waals surface area contributed by atoms with Crippen molar-refractivity contribution < 1.29 is 0 Å². The predicted octanol–water partition coefficient (Wildman–Crippen LogP) is 2.89. The number of rotatable bonds is 6. The van der Waals surface area contributed by atoms with Crippen LogP contribution in [0.1, 0.15) is 31.4 Å². The standard InChI is InChI=1S/C14H20N2/c1-3-12-5-7-14(8-6-12)11-16-10-13(4-2)9-15/h5-8,13,16H,3-4,10-11H2,1-2H3. The molecule has 1 rings (SSSR count). The summed E-state index contributed by atoms with van der Waals surface area (Å²) in [6.07, 6.45) is 2.00. The third-order valence-corrected chi connectivity index (χ3v) is 2.83. The molecule has 1 unspecified atom stereocenters. The molecule has 0 saturated carbocycles. The smallest absolute Gasteiger partial charge is 0.0669 e. The molecule has 0 heterocycles. The van der Waals surface area contributed by atoms with Crippen molar-refractivity contribution in [2.75, 3.05) is 6.54 Å². The number of benzene rings is 1. The van der Waals surface area contributed by atoms with Gasteiger partial charge in [0.1, 0.15) is 0 Å². The van der Waals surface area contributed by atoms with Crippen LogP contribution in [-0.4, -0.2) is 6.54 Å². The highest BCUT2D eigenvalue weighted by Gasteiger charge is 2.02. The summed E-state index contributed by atoms with van der Waals surface area (Å²) in [5.74, 6) is 0.134. The fourth-order valence-electron chi connectivity index (χ4n) is 1.56. The number of nitrogens with one attached hydrogen (secondary N) is 1. The molecule has 0 aliphatic rings. The molecule has 0 spiro atoms. The molecular formula is C14H20N2. The second-order valence-corrected chi connectivity index (χ2v) is 4.04. The average Bonchev–Trinajstić information content (AvgIpc) is 2.35. The van der Waals surface area contributed by atoms with Crippen molar-refractivity contribution >= 4 is 0 Å². The maximum atomic E-state index is 8.80. The molecule has 86 valence electrons. The largest absolute Gasteiger partial charge is 0.311 e. The van der Waals surface area contributed by atoms with Gasteiger partial charge < -0.3 is 5.32 Å². The van der Waals surface area contributed by atoms with Gasteiger partial charge in [-0.1, -0.05) is 38.1 Å². The van der Waals surface area contributed by atoms with Crippen molar-refractivity contribution in [3.8, 4) is 6.07 Å². The number of aryl methyl sites for hydroxylation is 1. The number of nitrogens with zero attached hydrogens (tertiary/aromatic N) is 1. The van der Waals surface area contributed by atoms with E-state index in [4.69, 9.17) is 5.26 Å². The average molecular weight is 216 g/mol. The van der Waals surface area contributed by atoms with Gasteiger partial charge in [-0.15, -0.1) is 0 Å². The van der Waals surface area contributed by atoms with E-state index in [-0.39, 0.29) is 5.92 Å². The normalized spacial score (nSPS) is 12.1. The van der Waals surface area contributed by atoms with E-state index in [9.17, 15) is 0 Å². The minimum atomic E-state index is 0.134. The summed E-state index contributed by atoms with van der Waals surface area (Å²) in [4.78, 5) is 0. The molecular weight excluding hydrogens is 196 g/mol. The minimum Gasteiger partial charge on any atom is -0.311 e. The highest BCUT2D eigenvalue weighted by Crippen LogP contribution is 2.05. The van der Waals surface area contributed by atoms with Crippen molar-refractivity contribution in [3.63, 3.8) is 0 Å². The van der Waals surface area contributed by atoms with E-state index in [0.29, 0.717) is 0 Å². The molecule has 1 atom stereocenters. The Morgan fingerprint density at radius 3 is 2.31 bits per heavy atom. The van der Waals surface area contributed by atoms with E-state index in [1.807, 2.05) is 6.92 Å². The topological polar surface area (TPSA) is 35.8 Å². The van der Waals surface area contributed by atoms with Crippen molar-refractivity contribution in [2.45, 2.75) is 33.2 Å². The fourth-order valence-corrected chi connectivity index (χ4v) is 1.56. The minimum absolute atomic E-state index is 0.134. The lowest BCUT2D eigenvalue weighted by Gasteiger charge is -2.08. The van der Waals surface area contributed by atoms with Crippen LogP contribution in [-0.2, 0) is 13.0 Å². The van der Waals surface area contributed by atoms with E-state index < -0.39 is 0 Å². The predicted molar refractivity (Wildman–Crippen MR) is 66.9 cm³/mol. The second kappa shape index (κ2) is 7.03. The lowest BCUT2D eigenvalue weighted by Crippen LogP contribution is -2.21. The monoisotopic (exact) mass is 216 g/mol. The Kier molecular flexibility index (Phi) is 5.60. The van der Waals surface area contributed by atoms with Gasteiger partial charge in [0.25, 0.3) is 0 Å². The molecule has 0 fully saturated rings. The molecule has 0 aliphatic heterocycles. The van der Waals surface area contributed by atoms with Crippen molar-refractivity contribution in [2.24, 2.45) is 5.92 Å². The first-order valence-electron chi connectivity index (χ1n) is 5.98. The molecule has 16 heavy (non-hydrogen) atoms. The molecule has 1 aromatic carbocycles. The maximum Gasteiger partial charge on any atom is 0.0669 e. The van der Waals surface area contributed by atoms with Gasteiger partial charge in [-0.25, -0.2) is 0 Å². The van der Waals surface area contributed by atoms with Crippen LogP contribution >= 0.6 is 0 Å². The number of hydrogen-bond acceptors (Lipinski definition) is 2. The van der Waals surface area contributed by atoms with Gasteiger partial charge in [-0.3, -0.25) is 0 Å². The Labute approximate surface area is 98.3 Å². The van der Waals surface area contributed by atoms with Gasteiger partial charge in [0.05, 0.1) is 12.0 Å². The first-order chi connectivity index (χ1) is 7.80. The van der Waals surface area contributed by atoms with Gasteiger partial charge in [0.15, 0.2) is 0 Å². The summed E-state index contributed by atoms with van der Waals surface area (Å²) in [5, 5.41) is 12.1. The number of nitriles is 1. The van der Waals surface area contributed by atoms with Crippen molar-refractivity contribution in [1.29, 1.82) is 5.26 Å². The Morgan fingerprint density at radius 2 is 1.81 bits per heavy atom. The van der Waals surface area contributed by atoms with Crippen LogP contribution < -0.4 is 5.32 Å². The van der Waals surface area contributed by atoms with Gasteiger partial charge in [0.2, 0.25) is 0 Å². The van der Waals surface area contributed by atoms with E-state index in [1.165, 1.54) is 11.1 Å². The Hall–Kier alpha value is -1.33. The summed E-state index contributed by atoms with van der Waals surface area (Å²) >= 11 is 0. The third-order valence-electron chi connectivity index (χ3n) is 2.83. The van der Waals surface area contributed by atoms with Crippen LogP contribution in [0.25, 0.3) is 0 Å². The highest BCUT2D eigenvalue weighted by atomic mass is 14.9. The summed E-state index contributed by atoms with van der Waals surface area (Å²) in [6, 6.07) is 10.9. The zero-order chi connectivity index (χ0) is 11.8. The molecule has 0 aliphatic carbocycles. The molecule has 0 bridgehead atoms. The van der Waals surface area contributed by atoms with Crippen LogP contribution in [0, 0.1) is 17.2 Å². The van der Waals surface area contributed by atoms with Crippen LogP contribution in [0.2, 0.25) is 0 Å². The van der Waals surface area contributed by atoms with Crippen LogP contribution in [0.15, 0.2) is 24.3 Å². The summed E-state index contributed by atoms with van der Waals surface area (Å²) in [6.45, 7) is 5.84. The van der Waals surface area contributed by atoms with E-state index >= 15 is 0 Å². The van der Waals surface area contributed by atoms with Crippen LogP contribution in [0.4, 0.5) is 0 Å². The van der Waals surface area contributed by atoms with E-state index in [0.717, 1.165) is 25.9 Å². The zero-order valence-electron chi connectivity index (χ0n) is 10.2. The van der Waals surface area contributed by atoms with Gasteiger partial charge in [0, 0.05) is 13.1 Å². The summed E-state index contributed by atoms with van der Waals surface area (Å²) in [5.41, 5.74) is 2.65. The fraction of sp³-hybridized carbons (Fsp3) is 0.500. The van der Waals surface area contributed by atoms with E-state index in [2.05, 4.69) is 42.6 Å². The second-order valence-electron chi connectivity index (χ2n) is 4.04. The molecule has 0 amide bonds. The van der Waals surface area contributed by atoms with Gasteiger partial charge >= 0.3 is 0 Å². The maximum absolute atomic E-state index is 8.80. The Balaban J connectivity index is 2.34. The quantitative estimate of drug-likeness (QED) is 0.793. The lowest BCUT2D eigenvalue weighted by atomic mass is 10.1. The first kappa shape index (κ1) is 12.7. The first-order valence-corrected chi connectivity index (χ1v) is 5.98. The molecule has 1 aromatic rings. The molecule has 0 saturated heterocycles. The number of hydrogen-bond donors (Lipinski definition) is 1. The molecule has 2 heteroatoms. The highest BCUT2D eigenvalue weighted by molar-refractivity contribution is 5.22. The Morgan fingerprint density at radius 1 is 1.19 bits per heavy atom. The van der Waals surface area contributed by atoms with Crippen molar-refractivity contribution in [1.82, 2.24) is 5.32 Å². The van der Waals surface area contributed by atoms with Crippen LogP contribution in [0.3, 0.4) is 0 Å². The lowest BCUT2D eigenvalue weighted by molar-refractivity contribution is 0.553. The molecule has 0 aromatic heterocycles. The van der Waals surface area contributed by atoms with Gasteiger partial charge in [-0.05, 0) is 24.0 Å². The van der Waals surface area contributed by atoms with Gasteiger partial charge in [-0.2, -0.15) is 5.26 Å². The molecule has 2 nitrogen and oxygen atoms in total. The summed E-state index contributed by atoms with van der Waals surface area (Å²) < 4.78 is 0. The molecule has 1 N–H and O–H groups in total. The van der Waals surface area contributed by atoms with E-state index in [1.54, 1.807) is 0 Å². The summed E-state index contributed by atoms with van der Waals surface area (Å²) in [7, 11) is 0. The van der Waals surface area contributed by atoms with Crippen molar-refractivity contribution in [3.05, 3.63) is 35.4 Å². The molecule has 0 radical (unpaired) electrons. The van der Waals surface area contributed by atoms with Crippen LogP contribution in [0.5, 0.6) is 0 Å².